The van der Waals surface area contributed by atoms with Gasteiger partial charge in [0.2, 0.25) is 0 Å². The number of rotatable bonds is 4. The van der Waals surface area contributed by atoms with Crippen LogP contribution >= 0.6 is 0 Å². The molecule has 0 saturated heterocycles. The van der Waals surface area contributed by atoms with Crippen LogP contribution in [0.3, 0.4) is 0 Å². The van der Waals surface area contributed by atoms with Crippen LogP contribution in [0.25, 0.3) is 0 Å². The Morgan fingerprint density at radius 3 is 2.61 bits per heavy atom. The molecule has 18 heavy (non-hydrogen) atoms. The van der Waals surface area contributed by atoms with Crippen molar-refractivity contribution >= 4 is 11.6 Å². The topological polar surface area (TPSA) is 52.0 Å². The Kier molecular flexibility index (Phi) is 3.32. The molecule has 0 radical (unpaired) electrons. The summed E-state index contributed by atoms with van der Waals surface area (Å²) >= 11 is 0. The Morgan fingerprint density at radius 2 is 2.00 bits per heavy atom. The molecular formula is C13H11FN2O2. The van der Waals surface area contributed by atoms with Gasteiger partial charge in [-0.1, -0.05) is 12.1 Å². The number of nitrogens with zero attached hydrogens (tertiary/aromatic N) is 2. The third kappa shape index (κ3) is 2.51. The molecule has 0 N–H and O–H groups in total. The van der Waals surface area contributed by atoms with Gasteiger partial charge in [0, 0.05) is 13.2 Å². The molecule has 0 amide bonds. The van der Waals surface area contributed by atoms with Crippen molar-refractivity contribution in [1.29, 1.82) is 0 Å². The average molecular weight is 246 g/mol. The van der Waals surface area contributed by atoms with Crippen LogP contribution in [0.2, 0.25) is 0 Å². The molecule has 1 heterocycles. The molecule has 0 bridgehead atoms. The third-order valence-corrected chi connectivity index (χ3v) is 2.49. The van der Waals surface area contributed by atoms with Crippen LogP contribution in [0, 0.1) is 5.82 Å². The predicted octanol–water partition coefficient (Wildman–Crippen LogP) is 2.01. The molecule has 5 heteroatoms. The number of aromatic nitrogens is 2. The number of hydrogen-bond acceptors (Lipinski definition) is 3. The molecule has 0 atom stereocenters. The monoisotopic (exact) mass is 246 g/mol. The van der Waals surface area contributed by atoms with Gasteiger partial charge in [0.05, 0.1) is 18.3 Å². The molecule has 2 rings (SSSR count). The van der Waals surface area contributed by atoms with Crippen molar-refractivity contribution in [3.8, 4) is 0 Å². The Morgan fingerprint density at radius 1 is 1.28 bits per heavy atom. The van der Waals surface area contributed by atoms with Crippen LogP contribution in [0.4, 0.5) is 4.39 Å². The van der Waals surface area contributed by atoms with Crippen LogP contribution in [0.1, 0.15) is 27.3 Å². The highest BCUT2D eigenvalue weighted by Crippen LogP contribution is 2.11. The molecule has 0 unspecified atom stereocenters. The summed E-state index contributed by atoms with van der Waals surface area (Å²) in [5, 5.41) is 0. The molecule has 92 valence electrons. The fourth-order valence-corrected chi connectivity index (χ4v) is 1.58. The lowest BCUT2D eigenvalue weighted by Crippen LogP contribution is -2.10. The molecule has 1 aromatic heterocycles. The summed E-state index contributed by atoms with van der Waals surface area (Å²) in [5.41, 5.74) is 0.143. The Labute approximate surface area is 103 Å². The molecule has 0 saturated carbocycles. The first-order valence-corrected chi connectivity index (χ1v) is 5.37. The van der Waals surface area contributed by atoms with Crippen LogP contribution in [-0.2, 0) is 7.05 Å². The van der Waals surface area contributed by atoms with E-state index in [4.69, 9.17) is 0 Å². The average Bonchev–Trinajstić information content (AvgIpc) is 2.76. The lowest BCUT2D eigenvalue weighted by atomic mass is 10.0. The van der Waals surface area contributed by atoms with Gasteiger partial charge in [0.1, 0.15) is 11.5 Å². The first-order chi connectivity index (χ1) is 8.58. The van der Waals surface area contributed by atoms with Crippen molar-refractivity contribution in [3.05, 3.63) is 53.9 Å². The minimum absolute atomic E-state index is 0.0678. The lowest BCUT2D eigenvalue weighted by molar-refractivity contribution is 0.0889. The maximum Gasteiger partial charge on any atom is 0.190 e. The van der Waals surface area contributed by atoms with Gasteiger partial charge in [0.15, 0.2) is 11.6 Å². The smallest absolute Gasteiger partial charge is 0.190 e. The minimum atomic E-state index is -0.615. The number of aryl methyl sites for hydroxylation is 1. The normalized spacial score (nSPS) is 10.3. The quantitative estimate of drug-likeness (QED) is 0.612. The van der Waals surface area contributed by atoms with E-state index in [2.05, 4.69) is 4.98 Å². The van der Waals surface area contributed by atoms with E-state index in [1.165, 1.54) is 30.7 Å². The summed E-state index contributed by atoms with van der Waals surface area (Å²) < 4.78 is 15.0. The van der Waals surface area contributed by atoms with E-state index in [9.17, 15) is 14.0 Å². The first kappa shape index (κ1) is 12.2. The second-order valence-electron chi connectivity index (χ2n) is 3.93. The van der Waals surface area contributed by atoms with Crippen LogP contribution in [0.5, 0.6) is 0 Å². The molecule has 0 aliphatic carbocycles. The zero-order valence-electron chi connectivity index (χ0n) is 9.76. The number of benzene rings is 1. The maximum atomic E-state index is 13.3. The van der Waals surface area contributed by atoms with Gasteiger partial charge < -0.3 is 4.57 Å². The zero-order valence-corrected chi connectivity index (χ0v) is 9.76. The number of Topliss-reactive ketones (excluding diaryl/α,β-unsaturated/α-hetero) is 2. The van der Waals surface area contributed by atoms with E-state index in [-0.39, 0.29) is 17.7 Å². The maximum absolute atomic E-state index is 13.3. The predicted molar refractivity (Wildman–Crippen MR) is 62.9 cm³/mol. The number of halogens is 1. The summed E-state index contributed by atoms with van der Waals surface area (Å²) in [6, 6.07) is 5.61. The molecule has 2 aromatic rings. The summed E-state index contributed by atoms with van der Waals surface area (Å²) in [5.74, 6) is -1.57. The number of carbonyl (C=O) groups is 2. The van der Waals surface area contributed by atoms with Gasteiger partial charge in [-0.05, 0) is 12.1 Å². The van der Waals surface area contributed by atoms with Gasteiger partial charge in [-0.15, -0.1) is 0 Å². The lowest BCUT2D eigenvalue weighted by Gasteiger charge is -2.00. The standard InChI is InChI=1S/C13H11FN2O2/c1-16-7-11(15-8-16)13(18)6-12(17)9-4-2-3-5-10(9)14/h2-5,7-8H,6H2,1H3. The van der Waals surface area contributed by atoms with E-state index in [1.54, 1.807) is 17.7 Å². The van der Waals surface area contributed by atoms with Gasteiger partial charge in [0.25, 0.3) is 0 Å². The molecule has 0 aliphatic heterocycles. The van der Waals surface area contributed by atoms with E-state index < -0.39 is 17.4 Å². The van der Waals surface area contributed by atoms with Crippen molar-refractivity contribution < 1.29 is 14.0 Å². The first-order valence-electron chi connectivity index (χ1n) is 5.37. The SMILES string of the molecule is Cn1cnc(C(=O)CC(=O)c2ccccc2F)c1. The minimum Gasteiger partial charge on any atom is -0.340 e. The van der Waals surface area contributed by atoms with Gasteiger partial charge in [-0.25, -0.2) is 9.37 Å². The fraction of sp³-hybridized carbons (Fsp3) is 0.154. The summed E-state index contributed by atoms with van der Waals surface area (Å²) in [4.78, 5) is 27.3. The molecule has 0 spiro atoms. The van der Waals surface area contributed by atoms with E-state index in [1.807, 2.05) is 0 Å². The zero-order chi connectivity index (χ0) is 13.1. The van der Waals surface area contributed by atoms with Crippen molar-refractivity contribution in [2.24, 2.45) is 7.05 Å². The van der Waals surface area contributed by atoms with Crippen LogP contribution in [-0.4, -0.2) is 21.1 Å². The molecule has 0 aliphatic rings. The van der Waals surface area contributed by atoms with E-state index >= 15 is 0 Å². The van der Waals surface area contributed by atoms with Crippen molar-refractivity contribution in [2.75, 3.05) is 0 Å². The fourth-order valence-electron chi connectivity index (χ4n) is 1.58. The second-order valence-corrected chi connectivity index (χ2v) is 3.93. The van der Waals surface area contributed by atoms with Gasteiger partial charge in [-0.3, -0.25) is 9.59 Å². The summed E-state index contributed by atoms with van der Waals surface area (Å²) in [6.07, 6.45) is 2.62. The number of ketones is 2. The Hall–Kier alpha value is -2.30. The largest absolute Gasteiger partial charge is 0.340 e. The second kappa shape index (κ2) is 4.91. The van der Waals surface area contributed by atoms with Gasteiger partial charge >= 0.3 is 0 Å². The molecule has 1 aromatic carbocycles. The van der Waals surface area contributed by atoms with E-state index in [0.29, 0.717) is 0 Å². The van der Waals surface area contributed by atoms with Crippen LogP contribution < -0.4 is 0 Å². The Bertz CT molecular complexity index is 605. The van der Waals surface area contributed by atoms with Crippen molar-refractivity contribution in [2.45, 2.75) is 6.42 Å². The summed E-state index contributed by atoms with van der Waals surface area (Å²) in [6.45, 7) is 0. The van der Waals surface area contributed by atoms with E-state index in [0.717, 1.165) is 0 Å². The van der Waals surface area contributed by atoms with Crippen LogP contribution in [0.15, 0.2) is 36.8 Å². The third-order valence-electron chi connectivity index (χ3n) is 2.49. The number of carbonyl (C=O) groups excluding carboxylic acids is 2. The molecule has 4 nitrogen and oxygen atoms in total. The number of hydrogen-bond donors (Lipinski definition) is 0. The summed E-state index contributed by atoms with van der Waals surface area (Å²) in [7, 11) is 1.72. The highest BCUT2D eigenvalue weighted by molar-refractivity contribution is 6.12. The molecule has 0 fully saturated rings. The Balaban J connectivity index is 2.13. The van der Waals surface area contributed by atoms with Gasteiger partial charge in [-0.2, -0.15) is 0 Å². The number of imidazole rings is 1. The molecular weight excluding hydrogens is 235 g/mol. The highest BCUT2D eigenvalue weighted by Gasteiger charge is 2.17. The highest BCUT2D eigenvalue weighted by atomic mass is 19.1. The van der Waals surface area contributed by atoms with Crippen molar-refractivity contribution in [1.82, 2.24) is 9.55 Å². The van der Waals surface area contributed by atoms with Crippen molar-refractivity contribution in [3.63, 3.8) is 0 Å².